The van der Waals surface area contributed by atoms with Crippen LogP contribution in [0.5, 0.6) is 5.75 Å². The van der Waals surface area contributed by atoms with Gasteiger partial charge in [0.2, 0.25) is 0 Å². The van der Waals surface area contributed by atoms with Crippen molar-refractivity contribution in [1.82, 2.24) is 9.78 Å². The predicted octanol–water partition coefficient (Wildman–Crippen LogP) is 2.62. The van der Waals surface area contributed by atoms with E-state index in [2.05, 4.69) is 5.10 Å². The SMILES string of the molecule is Cc1cccc(C)c1OCC(O)Cn1nc(-c2cccs2)oc1=O. The number of hydrogen-bond donors (Lipinski definition) is 1. The molecule has 1 unspecified atom stereocenters. The number of nitrogens with zero attached hydrogens (tertiary/aromatic N) is 2. The van der Waals surface area contributed by atoms with Crippen LogP contribution in [-0.2, 0) is 6.54 Å². The Morgan fingerprint density at radius 1 is 1.29 bits per heavy atom. The fourth-order valence-corrected chi connectivity index (χ4v) is 3.02. The molecule has 0 saturated carbocycles. The molecule has 3 aromatic rings. The van der Waals surface area contributed by atoms with Crippen molar-refractivity contribution >= 4 is 11.3 Å². The lowest BCUT2D eigenvalue weighted by molar-refractivity contribution is 0.0869. The molecule has 0 bridgehead atoms. The fraction of sp³-hybridized carbons (Fsp3) is 0.294. The zero-order valence-corrected chi connectivity index (χ0v) is 14.2. The number of aromatic nitrogens is 2. The number of thiophene rings is 1. The van der Waals surface area contributed by atoms with E-state index in [1.165, 1.54) is 11.3 Å². The van der Waals surface area contributed by atoms with Gasteiger partial charge >= 0.3 is 5.76 Å². The summed E-state index contributed by atoms with van der Waals surface area (Å²) in [6.45, 7) is 3.98. The van der Waals surface area contributed by atoms with Crippen LogP contribution in [0.2, 0.25) is 0 Å². The summed E-state index contributed by atoms with van der Waals surface area (Å²) >= 11 is 1.43. The molecule has 1 atom stereocenters. The molecule has 7 heteroatoms. The smallest absolute Gasteiger partial charge is 0.437 e. The van der Waals surface area contributed by atoms with Crippen molar-refractivity contribution in [3.63, 3.8) is 0 Å². The third-order valence-corrected chi connectivity index (χ3v) is 4.41. The van der Waals surface area contributed by atoms with Crippen LogP contribution in [0.15, 0.2) is 44.9 Å². The number of rotatable bonds is 6. The molecule has 0 spiro atoms. The van der Waals surface area contributed by atoms with Crippen LogP contribution < -0.4 is 10.5 Å². The van der Waals surface area contributed by atoms with Gasteiger partial charge in [0.25, 0.3) is 5.89 Å². The van der Waals surface area contributed by atoms with Gasteiger partial charge in [-0.2, -0.15) is 4.68 Å². The van der Waals surface area contributed by atoms with Crippen LogP contribution in [0.1, 0.15) is 11.1 Å². The van der Waals surface area contributed by atoms with E-state index in [-0.39, 0.29) is 19.0 Å². The number of hydrogen-bond acceptors (Lipinski definition) is 6. The number of aliphatic hydroxyl groups excluding tert-OH is 1. The second-order valence-corrected chi connectivity index (χ2v) is 6.47. The van der Waals surface area contributed by atoms with Crippen molar-refractivity contribution in [2.45, 2.75) is 26.5 Å². The second kappa shape index (κ2) is 7.02. The summed E-state index contributed by atoms with van der Waals surface area (Å²) in [6, 6.07) is 9.52. The molecule has 126 valence electrons. The Kier molecular flexibility index (Phi) is 4.82. The lowest BCUT2D eigenvalue weighted by Gasteiger charge is -2.15. The van der Waals surface area contributed by atoms with Crippen molar-refractivity contribution in [3.8, 4) is 16.5 Å². The minimum atomic E-state index is -0.872. The van der Waals surface area contributed by atoms with Crippen LogP contribution >= 0.6 is 11.3 Å². The minimum absolute atomic E-state index is 0.0125. The van der Waals surface area contributed by atoms with Crippen molar-refractivity contribution in [2.75, 3.05) is 6.61 Å². The summed E-state index contributed by atoms with van der Waals surface area (Å²) in [7, 11) is 0. The normalized spacial score (nSPS) is 12.3. The average Bonchev–Trinajstić information content (AvgIpc) is 3.17. The first kappa shape index (κ1) is 16.5. The summed E-state index contributed by atoms with van der Waals surface area (Å²) in [5.41, 5.74) is 2.00. The largest absolute Gasteiger partial charge is 0.490 e. The molecule has 0 saturated heterocycles. The van der Waals surface area contributed by atoms with E-state index in [0.717, 1.165) is 26.4 Å². The summed E-state index contributed by atoms with van der Waals surface area (Å²) in [6.07, 6.45) is -0.872. The standard InChI is InChI=1S/C17H18N2O4S/c1-11-5-3-6-12(2)15(11)22-10-13(20)9-19-17(21)23-16(18-19)14-7-4-8-24-14/h3-8,13,20H,9-10H2,1-2H3. The first-order chi connectivity index (χ1) is 11.5. The summed E-state index contributed by atoms with van der Waals surface area (Å²) in [4.78, 5) is 12.6. The highest BCUT2D eigenvalue weighted by molar-refractivity contribution is 7.13. The maximum Gasteiger partial charge on any atom is 0.437 e. The first-order valence-corrected chi connectivity index (χ1v) is 8.41. The van der Waals surface area contributed by atoms with Crippen LogP contribution in [-0.4, -0.2) is 27.6 Å². The molecule has 1 aromatic carbocycles. The van der Waals surface area contributed by atoms with E-state index >= 15 is 0 Å². The van der Waals surface area contributed by atoms with Gasteiger partial charge in [-0.15, -0.1) is 16.4 Å². The number of para-hydroxylation sites is 1. The second-order valence-electron chi connectivity index (χ2n) is 5.52. The molecule has 24 heavy (non-hydrogen) atoms. The van der Waals surface area contributed by atoms with E-state index in [9.17, 15) is 9.90 Å². The van der Waals surface area contributed by atoms with Gasteiger partial charge in [-0.1, -0.05) is 24.3 Å². The van der Waals surface area contributed by atoms with E-state index in [1.807, 2.05) is 49.6 Å². The van der Waals surface area contributed by atoms with Crippen molar-refractivity contribution < 1.29 is 14.3 Å². The topological polar surface area (TPSA) is 77.5 Å². The Bertz CT molecular complexity index is 847. The van der Waals surface area contributed by atoms with Gasteiger partial charge in [0, 0.05) is 0 Å². The molecule has 0 amide bonds. The van der Waals surface area contributed by atoms with Crippen LogP contribution in [0.3, 0.4) is 0 Å². The quantitative estimate of drug-likeness (QED) is 0.742. The van der Waals surface area contributed by atoms with E-state index in [0.29, 0.717) is 0 Å². The number of benzene rings is 1. The first-order valence-electron chi connectivity index (χ1n) is 7.53. The third kappa shape index (κ3) is 3.58. The van der Waals surface area contributed by atoms with Crippen molar-refractivity contribution in [3.05, 3.63) is 57.4 Å². The lowest BCUT2D eigenvalue weighted by atomic mass is 10.1. The van der Waals surface area contributed by atoms with Gasteiger partial charge in [0.15, 0.2) is 0 Å². The zero-order chi connectivity index (χ0) is 17.1. The Balaban J connectivity index is 1.65. The van der Waals surface area contributed by atoms with Gasteiger partial charge in [-0.05, 0) is 36.4 Å². The molecule has 0 aliphatic carbocycles. The third-order valence-electron chi connectivity index (χ3n) is 3.55. The molecule has 3 rings (SSSR count). The van der Waals surface area contributed by atoms with Crippen molar-refractivity contribution in [2.24, 2.45) is 0 Å². The molecule has 2 aromatic heterocycles. The molecule has 2 heterocycles. The molecule has 0 radical (unpaired) electrons. The molecular formula is C17H18N2O4S. The predicted molar refractivity (Wildman–Crippen MR) is 91.5 cm³/mol. The van der Waals surface area contributed by atoms with Gasteiger partial charge in [-0.3, -0.25) is 0 Å². The Morgan fingerprint density at radius 2 is 2.04 bits per heavy atom. The van der Waals surface area contributed by atoms with Crippen LogP contribution in [0.4, 0.5) is 0 Å². The highest BCUT2D eigenvalue weighted by atomic mass is 32.1. The molecule has 1 N–H and O–H groups in total. The van der Waals surface area contributed by atoms with Crippen LogP contribution in [0.25, 0.3) is 10.8 Å². The Morgan fingerprint density at radius 3 is 2.71 bits per heavy atom. The summed E-state index contributed by atoms with van der Waals surface area (Å²) < 4.78 is 11.9. The van der Waals surface area contributed by atoms with E-state index < -0.39 is 11.9 Å². The average molecular weight is 346 g/mol. The Hall–Kier alpha value is -2.38. The maximum absolute atomic E-state index is 11.8. The molecular weight excluding hydrogens is 328 g/mol. The number of aliphatic hydroxyl groups is 1. The molecule has 6 nitrogen and oxygen atoms in total. The van der Waals surface area contributed by atoms with E-state index in [4.69, 9.17) is 9.15 Å². The molecule has 0 aliphatic heterocycles. The van der Waals surface area contributed by atoms with Gasteiger partial charge in [0.05, 0.1) is 11.4 Å². The highest BCUT2D eigenvalue weighted by Crippen LogP contribution is 2.23. The molecule has 0 fully saturated rings. The highest BCUT2D eigenvalue weighted by Gasteiger charge is 2.15. The van der Waals surface area contributed by atoms with Gasteiger partial charge in [0.1, 0.15) is 18.5 Å². The molecule has 0 aliphatic rings. The Labute approximate surface area is 142 Å². The van der Waals surface area contributed by atoms with Gasteiger partial charge < -0.3 is 14.3 Å². The monoisotopic (exact) mass is 346 g/mol. The maximum atomic E-state index is 11.8. The van der Waals surface area contributed by atoms with Crippen molar-refractivity contribution in [1.29, 1.82) is 0 Å². The zero-order valence-electron chi connectivity index (χ0n) is 13.4. The summed E-state index contributed by atoms with van der Waals surface area (Å²) in [5, 5.41) is 16.1. The summed E-state index contributed by atoms with van der Waals surface area (Å²) in [5.74, 6) is 0.422. The number of ether oxygens (including phenoxy) is 1. The van der Waals surface area contributed by atoms with E-state index in [1.54, 1.807) is 0 Å². The van der Waals surface area contributed by atoms with Crippen LogP contribution in [0, 0.1) is 13.8 Å². The fourth-order valence-electron chi connectivity index (χ4n) is 2.38. The van der Waals surface area contributed by atoms with Gasteiger partial charge in [-0.25, -0.2) is 4.79 Å². The minimum Gasteiger partial charge on any atom is -0.490 e. The number of aryl methyl sites for hydroxylation is 2. The lowest BCUT2D eigenvalue weighted by Crippen LogP contribution is -2.29.